The van der Waals surface area contributed by atoms with Gasteiger partial charge in [0.2, 0.25) is 17.7 Å². The molecule has 2 heterocycles. The number of carbonyl (C=O) groups excluding carboxylic acids is 4. The van der Waals surface area contributed by atoms with E-state index in [0.29, 0.717) is 83.3 Å². The van der Waals surface area contributed by atoms with Crippen molar-refractivity contribution in [1.29, 1.82) is 0 Å². The Labute approximate surface area is 486 Å². The molecule has 2 fully saturated rings. The standard InChI is InChI=1S/C66H81ClN7O6P/c1-71(2)56-34-27-53(28-35-56)50-61-66(78)74(51-63(75)69-55-32-30-54(31-33-55)65(77)68-40-46-80-48-47-79-45-16-4-3-15-39-67)62(70-61)38-29-52-25-36-57(37-26-52)72-41-43-73(44-42-72)64(76)24-14-17-49-81(58-18-8-5-9-19-58,59-20-10-6-11-21-59)60-22-12-7-13-23-60/h5-13,18-23,25-29,34-38,50,54-55H,3-4,14-17,24,30-33,39-49,51H2,1-2H3,(H-,68,69,75,77)/p+1/b38-29+,61-50+. The molecule has 0 unspecified atom stereocenters. The number of nitrogens with zero attached hydrogens (tertiary/aromatic N) is 5. The lowest BCUT2D eigenvalue weighted by molar-refractivity contribution is -0.131. The van der Waals surface area contributed by atoms with Crippen LogP contribution in [-0.4, -0.2) is 137 Å². The van der Waals surface area contributed by atoms with Crippen LogP contribution < -0.4 is 36.3 Å². The maximum Gasteiger partial charge on any atom is 0.278 e. The quantitative estimate of drug-likeness (QED) is 0.0209. The van der Waals surface area contributed by atoms with Gasteiger partial charge in [0, 0.05) is 89.1 Å². The fourth-order valence-corrected chi connectivity index (χ4v) is 15.6. The molecule has 0 aromatic heterocycles. The number of hydrogen-bond donors (Lipinski definition) is 2. The summed E-state index contributed by atoms with van der Waals surface area (Å²) in [5.74, 6) is 0.568. The molecular formula is C66H82ClN7O6P+. The molecule has 0 bridgehead atoms. The molecule has 0 atom stereocenters. The van der Waals surface area contributed by atoms with Gasteiger partial charge in [-0.1, -0.05) is 97.8 Å². The van der Waals surface area contributed by atoms with Crippen LogP contribution in [0.3, 0.4) is 0 Å². The summed E-state index contributed by atoms with van der Waals surface area (Å²) in [7, 11) is 2.02. The molecule has 428 valence electrons. The van der Waals surface area contributed by atoms with Crippen molar-refractivity contribution in [2.45, 2.75) is 76.7 Å². The molecule has 0 spiro atoms. The van der Waals surface area contributed by atoms with E-state index in [2.05, 4.69) is 119 Å². The normalized spacial score (nSPS) is 17.2. The number of amides is 4. The fraction of sp³-hybridized carbons (Fsp3) is 0.409. The number of halogens is 1. The summed E-state index contributed by atoms with van der Waals surface area (Å²) in [5.41, 5.74) is 4.11. The van der Waals surface area contributed by atoms with Crippen LogP contribution in [0.25, 0.3) is 12.2 Å². The summed E-state index contributed by atoms with van der Waals surface area (Å²) in [6, 6.07) is 48.8. The van der Waals surface area contributed by atoms with E-state index in [0.717, 1.165) is 86.9 Å². The summed E-state index contributed by atoms with van der Waals surface area (Å²) in [6.45, 7) is 5.25. The number of amidine groups is 1. The number of unbranched alkanes of at least 4 members (excludes halogenated alkanes) is 4. The Hall–Kier alpha value is -6.63. The zero-order chi connectivity index (χ0) is 56.7. The van der Waals surface area contributed by atoms with Gasteiger partial charge in [0.25, 0.3) is 5.91 Å². The fourth-order valence-electron chi connectivity index (χ4n) is 11.0. The first-order valence-electron chi connectivity index (χ1n) is 29.2. The Kier molecular flexibility index (Phi) is 23.5. The molecule has 8 rings (SSSR count). The smallest absolute Gasteiger partial charge is 0.278 e. The van der Waals surface area contributed by atoms with Gasteiger partial charge in [-0.15, -0.1) is 11.6 Å². The van der Waals surface area contributed by atoms with E-state index in [4.69, 9.17) is 26.1 Å². The lowest BCUT2D eigenvalue weighted by atomic mass is 9.85. The topological polar surface area (TPSA) is 136 Å². The van der Waals surface area contributed by atoms with Gasteiger partial charge in [-0.3, -0.25) is 24.1 Å². The summed E-state index contributed by atoms with van der Waals surface area (Å²) >= 11 is 5.73. The van der Waals surface area contributed by atoms with E-state index < -0.39 is 7.26 Å². The van der Waals surface area contributed by atoms with Crippen LogP contribution in [0, 0.1) is 5.92 Å². The molecule has 81 heavy (non-hydrogen) atoms. The Balaban J connectivity index is 0.806. The molecule has 1 saturated heterocycles. The summed E-state index contributed by atoms with van der Waals surface area (Å²) in [4.78, 5) is 67.0. The van der Waals surface area contributed by atoms with Gasteiger partial charge in [-0.05, 0) is 135 Å². The van der Waals surface area contributed by atoms with Gasteiger partial charge in [0.1, 0.15) is 41.3 Å². The summed E-state index contributed by atoms with van der Waals surface area (Å²) in [6.07, 6.45) is 15.8. The van der Waals surface area contributed by atoms with Crippen LogP contribution in [0.4, 0.5) is 11.4 Å². The molecule has 2 N–H and O–H groups in total. The van der Waals surface area contributed by atoms with Crippen molar-refractivity contribution >= 4 is 87.8 Å². The summed E-state index contributed by atoms with van der Waals surface area (Å²) < 4.78 is 11.3. The van der Waals surface area contributed by atoms with Gasteiger partial charge in [-0.2, -0.15) is 0 Å². The monoisotopic (exact) mass is 1130 g/mol. The minimum atomic E-state index is -1.94. The van der Waals surface area contributed by atoms with E-state index in [1.54, 1.807) is 12.2 Å². The molecule has 5 aromatic rings. The second-order valence-corrected chi connectivity index (χ2v) is 25.4. The third-order valence-corrected chi connectivity index (χ3v) is 20.4. The number of ether oxygens (including phenoxy) is 2. The van der Waals surface area contributed by atoms with E-state index in [9.17, 15) is 19.2 Å². The highest BCUT2D eigenvalue weighted by Crippen LogP contribution is 2.56. The molecule has 4 amide bonds. The Morgan fingerprint density at radius 1 is 0.667 bits per heavy atom. The van der Waals surface area contributed by atoms with Crippen molar-refractivity contribution in [1.82, 2.24) is 20.4 Å². The van der Waals surface area contributed by atoms with Crippen molar-refractivity contribution in [3.8, 4) is 0 Å². The molecular weight excluding hydrogens is 1050 g/mol. The van der Waals surface area contributed by atoms with Crippen LogP contribution in [0.5, 0.6) is 0 Å². The van der Waals surface area contributed by atoms with Gasteiger partial charge in [-0.25, -0.2) is 4.99 Å². The van der Waals surface area contributed by atoms with Crippen LogP contribution in [0.1, 0.15) is 81.8 Å². The van der Waals surface area contributed by atoms with Crippen molar-refractivity contribution in [3.63, 3.8) is 0 Å². The average molecular weight is 1140 g/mol. The molecule has 5 aromatic carbocycles. The van der Waals surface area contributed by atoms with Crippen LogP contribution in [0.15, 0.2) is 156 Å². The third-order valence-electron chi connectivity index (χ3n) is 15.6. The third kappa shape index (κ3) is 17.4. The second kappa shape index (κ2) is 31.5. The predicted octanol–water partition coefficient (Wildman–Crippen LogP) is 9.48. The number of alkyl halides is 1. The van der Waals surface area contributed by atoms with Gasteiger partial charge in [0.15, 0.2) is 0 Å². The first-order valence-corrected chi connectivity index (χ1v) is 31.7. The number of piperazine rings is 1. The van der Waals surface area contributed by atoms with Crippen molar-refractivity contribution in [3.05, 3.63) is 162 Å². The van der Waals surface area contributed by atoms with Crippen molar-refractivity contribution in [2.24, 2.45) is 10.9 Å². The van der Waals surface area contributed by atoms with E-state index in [-0.39, 0.29) is 47.8 Å². The molecule has 1 aliphatic carbocycles. The van der Waals surface area contributed by atoms with Crippen molar-refractivity contribution in [2.75, 3.05) is 102 Å². The Morgan fingerprint density at radius 3 is 1.86 bits per heavy atom. The number of benzene rings is 5. The Bertz CT molecular complexity index is 2760. The zero-order valence-electron chi connectivity index (χ0n) is 47.4. The molecule has 2 aliphatic heterocycles. The first-order chi connectivity index (χ1) is 39.6. The van der Waals surface area contributed by atoms with E-state index in [1.807, 2.05) is 66.4 Å². The summed E-state index contributed by atoms with van der Waals surface area (Å²) in [5, 5.41) is 10.3. The lowest BCUT2D eigenvalue weighted by Gasteiger charge is -2.36. The highest BCUT2D eigenvalue weighted by Gasteiger charge is 2.44. The maximum atomic E-state index is 14.0. The Morgan fingerprint density at radius 2 is 1.26 bits per heavy atom. The highest BCUT2D eigenvalue weighted by molar-refractivity contribution is 7.95. The number of rotatable bonds is 29. The van der Waals surface area contributed by atoms with E-state index >= 15 is 0 Å². The van der Waals surface area contributed by atoms with Crippen LogP contribution in [0.2, 0.25) is 0 Å². The van der Waals surface area contributed by atoms with Crippen LogP contribution >= 0.6 is 18.9 Å². The highest BCUT2D eigenvalue weighted by atomic mass is 35.5. The maximum absolute atomic E-state index is 14.0. The second-order valence-electron chi connectivity index (χ2n) is 21.4. The number of carbonyl (C=O) groups is 4. The molecule has 3 aliphatic rings. The van der Waals surface area contributed by atoms with Crippen LogP contribution in [-0.2, 0) is 28.7 Å². The number of anilines is 2. The molecule has 13 nitrogen and oxygen atoms in total. The lowest BCUT2D eigenvalue weighted by Crippen LogP contribution is -2.48. The molecule has 15 heteroatoms. The zero-order valence-corrected chi connectivity index (χ0v) is 49.1. The average Bonchev–Trinajstić information content (AvgIpc) is 3.84. The van der Waals surface area contributed by atoms with Gasteiger partial charge >= 0.3 is 0 Å². The van der Waals surface area contributed by atoms with Gasteiger partial charge in [0.05, 0.1) is 26.0 Å². The SMILES string of the molecule is CN(C)c1ccc(/C=C2N=C(/C=C/c3ccc(N4CCN(C(=O)CCCC[P+](c5ccccc5)(c5ccccc5)c5ccccc5)CC4)cc3)N(CC(=O)NC3CCC(C(=O)NCCOCCOCCCCCCCl)CC3)C/2=O)cc1. The predicted molar refractivity (Wildman–Crippen MR) is 334 cm³/mol. The number of nitrogens with one attached hydrogen (secondary N) is 2. The largest absolute Gasteiger partial charge is 0.379 e. The minimum Gasteiger partial charge on any atom is -0.379 e. The molecule has 1 saturated carbocycles. The first kappa shape index (κ1) is 60.5. The van der Waals surface area contributed by atoms with Gasteiger partial charge < -0.3 is 34.8 Å². The van der Waals surface area contributed by atoms with E-state index in [1.165, 1.54) is 20.8 Å². The van der Waals surface area contributed by atoms with Crippen molar-refractivity contribution < 1.29 is 28.7 Å². The minimum absolute atomic E-state index is 0.0107. The number of hydrogen-bond acceptors (Lipinski definition) is 9. The molecule has 0 radical (unpaired) electrons. The number of aliphatic imine (C=N–C) groups is 1.